The van der Waals surface area contributed by atoms with Gasteiger partial charge in [-0.1, -0.05) is 27.7 Å². The zero-order valence-corrected chi connectivity index (χ0v) is 14.3. The number of ether oxygens (including phenoxy) is 1. The van der Waals surface area contributed by atoms with E-state index < -0.39 is 0 Å². The first-order chi connectivity index (χ1) is 8.38. The van der Waals surface area contributed by atoms with E-state index in [0.29, 0.717) is 6.04 Å². The summed E-state index contributed by atoms with van der Waals surface area (Å²) < 4.78 is 6.91. The van der Waals surface area contributed by atoms with Gasteiger partial charge in [0.1, 0.15) is 0 Å². The molecule has 1 heterocycles. The standard InChI is InChI=1S/C14H24BrNOS/c1-6-16-12(13(17-5)14(2,3)4)8-11-7-10(15)9-18-11/h7,9,12-13,16H,6,8H2,1-5H3. The number of rotatable bonds is 6. The molecular weight excluding hydrogens is 310 g/mol. The summed E-state index contributed by atoms with van der Waals surface area (Å²) in [4.78, 5) is 1.39. The summed E-state index contributed by atoms with van der Waals surface area (Å²) in [7, 11) is 1.81. The Balaban J connectivity index is 2.80. The number of likely N-dealkylation sites (N-methyl/N-ethyl adjacent to an activating group) is 1. The quantitative estimate of drug-likeness (QED) is 0.846. The fourth-order valence-corrected chi connectivity index (χ4v) is 3.86. The zero-order chi connectivity index (χ0) is 13.8. The number of thiophene rings is 1. The van der Waals surface area contributed by atoms with Crippen molar-refractivity contribution in [2.75, 3.05) is 13.7 Å². The van der Waals surface area contributed by atoms with Crippen molar-refractivity contribution in [1.82, 2.24) is 5.32 Å². The third-order valence-electron chi connectivity index (χ3n) is 2.98. The maximum Gasteiger partial charge on any atom is 0.0775 e. The van der Waals surface area contributed by atoms with Gasteiger partial charge in [-0.15, -0.1) is 11.3 Å². The van der Waals surface area contributed by atoms with Crippen LogP contribution in [0.1, 0.15) is 32.6 Å². The molecule has 0 radical (unpaired) electrons. The van der Waals surface area contributed by atoms with Crippen molar-refractivity contribution in [2.24, 2.45) is 5.41 Å². The van der Waals surface area contributed by atoms with Gasteiger partial charge >= 0.3 is 0 Å². The largest absolute Gasteiger partial charge is 0.379 e. The Bertz CT molecular complexity index is 359. The lowest BCUT2D eigenvalue weighted by atomic mass is 9.83. The highest BCUT2D eigenvalue weighted by molar-refractivity contribution is 9.10. The minimum Gasteiger partial charge on any atom is -0.379 e. The number of halogens is 1. The topological polar surface area (TPSA) is 21.3 Å². The van der Waals surface area contributed by atoms with Crippen molar-refractivity contribution >= 4 is 27.3 Å². The van der Waals surface area contributed by atoms with Crippen molar-refractivity contribution in [3.05, 3.63) is 20.8 Å². The van der Waals surface area contributed by atoms with E-state index in [-0.39, 0.29) is 11.5 Å². The minimum atomic E-state index is 0.135. The van der Waals surface area contributed by atoms with Crippen LogP contribution in [0.25, 0.3) is 0 Å². The van der Waals surface area contributed by atoms with Gasteiger partial charge in [0.05, 0.1) is 6.10 Å². The molecule has 0 aliphatic carbocycles. The normalized spacial score (nSPS) is 15.7. The van der Waals surface area contributed by atoms with Crippen molar-refractivity contribution in [3.8, 4) is 0 Å². The van der Waals surface area contributed by atoms with E-state index in [1.807, 2.05) is 7.11 Å². The maximum absolute atomic E-state index is 5.74. The SMILES string of the molecule is CCNC(Cc1cc(Br)cs1)C(OC)C(C)(C)C. The molecule has 0 aliphatic rings. The molecule has 104 valence electrons. The monoisotopic (exact) mass is 333 g/mol. The Morgan fingerprint density at radius 2 is 2.11 bits per heavy atom. The van der Waals surface area contributed by atoms with E-state index >= 15 is 0 Å². The first kappa shape index (κ1) is 16.2. The second kappa shape index (κ2) is 7.04. The summed E-state index contributed by atoms with van der Waals surface area (Å²) in [5.41, 5.74) is 0.135. The van der Waals surface area contributed by atoms with Crippen molar-refractivity contribution in [3.63, 3.8) is 0 Å². The summed E-state index contributed by atoms with van der Waals surface area (Å²) in [6.07, 6.45) is 1.22. The summed E-state index contributed by atoms with van der Waals surface area (Å²) in [5.74, 6) is 0. The van der Waals surface area contributed by atoms with Gasteiger partial charge in [0, 0.05) is 27.9 Å². The molecule has 0 saturated carbocycles. The third-order valence-corrected chi connectivity index (χ3v) is 4.70. The van der Waals surface area contributed by atoms with Gasteiger partial charge in [-0.2, -0.15) is 0 Å². The average Bonchev–Trinajstić information content (AvgIpc) is 2.63. The summed E-state index contributed by atoms with van der Waals surface area (Å²) in [6.45, 7) is 9.81. The zero-order valence-electron chi connectivity index (χ0n) is 11.9. The second-order valence-electron chi connectivity index (χ2n) is 5.62. The van der Waals surface area contributed by atoms with Gasteiger partial charge in [0.15, 0.2) is 0 Å². The Morgan fingerprint density at radius 3 is 2.50 bits per heavy atom. The summed E-state index contributed by atoms with van der Waals surface area (Å²) in [5, 5.41) is 5.70. The van der Waals surface area contributed by atoms with Crippen molar-refractivity contribution in [1.29, 1.82) is 0 Å². The van der Waals surface area contributed by atoms with E-state index in [9.17, 15) is 0 Å². The van der Waals surface area contributed by atoms with Gasteiger partial charge in [-0.25, -0.2) is 0 Å². The molecule has 0 saturated heterocycles. The van der Waals surface area contributed by atoms with Crippen LogP contribution in [0, 0.1) is 5.41 Å². The van der Waals surface area contributed by atoms with Gasteiger partial charge in [0.25, 0.3) is 0 Å². The van der Waals surface area contributed by atoms with E-state index in [1.165, 1.54) is 9.35 Å². The predicted octanol–water partition coefficient (Wildman–Crippen LogP) is 4.09. The van der Waals surface area contributed by atoms with E-state index in [2.05, 4.69) is 60.4 Å². The van der Waals surface area contributed by atoms with Crippen molar-refractivity contribution < 1.29 is 4.74 Å². The summed E-state index contributed by atoms with van der Waals surface area (Å²) >= 11 is 5.31. The Labute approximate surface area is 123 Å². The lowest BCUT2D eigenvalue weighted by Gasteiger charge is -2.36. The Morgan fingerprint density at radius 1 is 1.44 bits per heavy atom. The highest BCUT2D eigenvalue weighted by Crippen LogP contribution is 2.28. The second-order valence-corrected chi connectivity index (χ2v) is 7.53. The number of hydrogen-bond donors (Lipinski definition) is 1. The smallest absolute Gasteiger partial charge is 0.0775 e. The molecule has 4 heteroatoms. The van der Waals surface area contributed by atoms with Crippen LogP contribution in [-0.4, -0.2) is 25.8 Å². The van der Waals surface area contributed by atoms with E-state index in [0.717, 1.165) is 13.0 Å². The van der Waals surface area contributed by atoms with Crippen molar-refractivity contribution in [2.45, 2.75) is 46.3 Å². The van der Waals surface area contributed by atoms with E-state index in [4.69, 9.17) is 4.74 Å². The van der Waals surface area contributed by atoms with E-state index in [1.54, 1.807) is 11.3 Å². The maximum atomic E-state index is 5.74. The molecule has 0 amide bonds. The predicted molar refractivity (Wildman–Crippen MR) is 83.4 cm³/mol. The van der Waals surface area contributed by atoms with Crippen LogP contribution >= 0.6 is 27.3 Å². The molecule has 1 N–H and O–H groups in total. The molecule has 0 aromatic carbocycles. The van der Waals surface area contributed by atoms with Crippen LogP contribution in [0.3, 0.4) is 0 Å². The first-order valence-electron chi connectivity index (χ1n) is 6.37. The van der Waals surface area contributed by atoms with Crippen LogP contribution in [0.2, 0.25) is 0 Å². The molecule has 0 fully saturated rings. The lowest BCUT2D eigenvalue weighted by molar-refractivity contribution is -0.0104. The Hall–Kier alpha value is 0.1000. The molecule has 2 nitrogen and oxygen atoms in total. The van der Waals surface area contributed by atoms with Gasteiger partial charge in [-0.3, -0.25) is 0 Å². The van der Waals surface area contributed by atoms with Crippen LogP contribution in [-0.2, 0) is 11.2 Å². The average molecular weight is 334 g/mol. The van der Waals surface area contributed by atoms with Crippen LogP contribution in [0.15, 0.2) is 15.9 Å². The van der Waals surface area contributed by atoms with Crippen LogP contribution in [0.5, 0.6) is 0 Å². The van der Waals surface area contributed by atoms with Gasteiger partial charge in [-0.05, 0) is 40.4 Å². The number of nitrogens with one attached hydrogen (secondary N) is 1. The molecule has 0 aliphatic heterocycles. The molecule has 1 rings (SSSR count). The molecule has 2 unspecified atom stereocenters. The van der Waals surface area contributed by atoms with Crippen LogP contribution < -0.4 is 5.32 Å². The molecule has 0 spiro atoms. The first-order valence-corrected chi connectivity index (χ1v) is 8.04. The molecule has 2 atom stereocenters. The fraction of sp³-hybridized carbons (Fsp3) is 0.714. The highest BCUT2D eigenvalue weighted by atomic mass is 79.9. The molecule has 1 aromatic rings. The third kappa shape index (κ3) is 4.65. The minimum absolute atomic E-state index is 0.135. The number of methoxy groups -OCH3 is 1. The molecular formula is C14H24BrNOS. The summed E-state index contributed by atoms with van der Waals surface area (Å²) in [6, 6.07) is 2.55. The highest BCUT2D eigenvalue weighted by Gasteiger charge is 2.32. The van der Waals surface area contributed by atoms with Gasteiger partial charge in [0.2, 0.25) is 0 Å². The lowest BCUT2D eigenvalue weighted by Crippen LogP contribution is -2.48. The fourth-order valence-electron chi connectivity index (χ4n) is 2.35. The number of hydrogen-bond acceptors (Lipinski definition) is 3. The molecule has 1 aromatic heterocycles. The molecule has 18 heavy (non-hydrogen) atoms. The molecule has 0 bridgehead atoms. The van der Waals surface area contributed by atoms with Crippen LogP contribution in [0.4, 0.5) is 0 Å². The Kier molecular flexibility index (Phi) is 6.31. The van der Waals surface area contributed by atoms with Gasteiger partial charge < -0.3 is 10.1 Å².